The lowest BCUT2D eigenvalue weighted by Crippen LogP contribution is -2.22. The van der Waals surface area contributed by atoms with Gasteiger partial charge in [0, 0.05) is 6.54 Å². The van der Waals surface area contributed by atoms with Gasteiger partial charge in [-0.1, -0.05) is 42.7 Å². The van der Waals surface area contributed by atoms with Crippen LogP contribution in [0.5, 0.6) is 0 Å². The minimum absolute atomic E-state index is 0.214. The molecule has 1 fully saturated rings. The zero-order valence-electron chi connectivity index (χ0n) is 10.6. The molecule has 0 bridgehead atoms. The first-order valence-electron chi connectivity index (χ1n) is 6.03. The zero-order valence-corrected chi connectivity index (χ0v) is 12.2. The van der Waals surface area contributed by atoms with Crippen LogP contribution in [0.25, 0.3) is 0 Å². The molecule has 100 valence electrons. The highest BCUT2D eigenvalue weighted by atomic mass is 35.5. The molecular formula is C12H17ClN2O2S. The molecule has 1 aliphatic rings. The van der Waals surface area contributed by atoms with Crippen molar-refractivity contribution in [3.8, 4) is 0 Å². The van der Waals surface area contributed by atoms with Crippen molar-refractivity contribution in [2.24, 2.45) is 5.41 Å². The lowest BCUT2D eigenvalue weighted by atomic mass is 9.89. The topological polar surface area (TPSA) is 51.2 Å². The van der Waals surface area contributed by atoms with Gasteiger partial charge in [-0.3, -0.25) is 0 Å². The van der Waals surface area contributed by atoms with Gasteiger partial charge in [0.15, 0.2) is 15.2 Å². The van der Waals surface area contributed by atoms with Crippen molar-refractivity contribution in [1.29, 1.82) is 0 Å². The minimum atomic E-state index is -0.433. The Morgan fingerprint density at radius 2 is 2.22 bits per heavy atom. The van der Waals surface area contributed by atoms with Crippen molar-refractivity contribution < 1.29 is 9.53 Å². The summed E-state index contributed by atoms with van der Waals surface area (Å²) in [6.45, 7) is 3.15. The lowest BCUT2D eigenvalue weighted by molar-refractivity contribution is 0.0606. The first-order valence-corrected chi connectivity index (χ1v) is 7.22. The summed E-state index contributed by atoms with van der Waals surface area (Å²) in [5.74, 6) is -0.433. The van der Waals surface area contributed by atoms with Crippen LogP contribution in [0, 0.1) is 5.41 Å². The Bertz CT molecular complexity index is 441. The predicted octanol–water partition coefficient (Wildman–Crippen LogP) is 3.58. The van der Waals surface area contributed by atoms with Gasteiger partial charge in [0.05, 0.1) is 7.11 Å². The Labute approximate surface area is 116 Å². The number of aromatic nitrogens is 1. The van der Waals surface area contributed by atoms with E-state index in [2.05, 4.69) is 22.0 Å². The first-order chi connectivity index (χ1) is 8.54. The van der Waals surface area contributed by atoms with Crippen LogP contribution in [0.2, 0.25) is 5.15 Å². The first kappa shape index (κ1) is 13.6. The van der Waals surface area contributed by atoms with E-state index in [1.54, 1.807) is 0 Å². The third-order valence-corrected chi connectivity index (χ3v) is 4.81. The van der Waals surface area contributed by atoms with E-state index in [-0.39, 0.29) is 5.15 Å². The maximum absolute atomic E-state index is 11.4. The normalized spacial score (nSPS) is 17.7. The molecular weight excluding hydrogens is 272 g/mol. The van der Waals surface area contributed by atoms with Crippen LogP contribution >= 0.6 is 22.9 Å². The van der Waals surface area contributed by atoms with E-state index in [0.29, 0.717) is 15.4 Å². The third-order valence-electron chi connectivity index (χ3n) is 3.43. The Morgan fingerprint density at radius 3 is 2.83 bits per heavy atom. The number of nitrogens with one attached hydrogen (secondary N) is 1. The Morgan fingerprint density at radius 1 is 1.56 bits per heavy atom. The summed E-state index contributed by atoms with van der Waals surface area (Å²) < 4.78 is 4.65. The van der Waals surface area contributed by atoms with Gasteiger partial charge >= 0.3 is 5.97 Å². The van der Waals surface area contributed by atoms with E-state index in [1.807, 2.05) is 0 Å². The van der Waals surface area contributed by atoms with Gasteiger partial charge in [-0.05, 0) is 18.3 Å². The molecule has 18 heavy (non-hydrogen) atoms. The molecule has 0 saturated heterocycles. The lowest BCUT2D eigenvalue weighted by Gasteiger charge is -2.23. The summed E-state index contributed by atoms with van der Waals surface area (Å²) in [4.78, 5) is 15.9. The molecule has 1 aliphatic carbocycles. The SMILES string of the molecule is COC(=O)c1sc(NCC2(C)CCCC2)nc1Cl. The Hall–Kier alpha value is -0.810. The summed E-state index contributed by atoms with van der Waals surface area (Å²) >= 11 is 7.15. The molecule has 1 heterocycles. The van der Waals surface area contributed by atoms with Gasteiger partial charge in [-0.15, -0.1) is 0 Å². The van der Waals surface area contributed by atoms with Gasteiger partial charge in [0.25, 0.3) is 0 Å². The van der Waals surface area contributed by atoms with E-state index < -0.39 is 5.97 Å². The van der Waals surface area contributed by atoms with E-state index in [9.17, 15) is 4.79 Å². The number of rotatable bonds is 4. The average Bonchev–Trinajstić information content (AvgIpc) is 2.93. The van der Waals surface area contributed by atoms with Crippen molar-refractivity contribution in [3.05, 3.63) is 10.0 Å². The zero-order chi connectivity index (χ0) is 13.2. The number of anilines is 1. The molecule has 0 amide bonds. The molecule has 1 N–H and O–H groups in total. The predicted molar refractivity (Wildman–Crippen MR) is 73.5 cm³/mol. The molecule has 2 rings (SSSR count). The summed E-state index contributed by atoms with van der Waals surface area (Å²) in [5, 5.41) is 4.18. The second-order valence-electron chi connectivity index (χ2n) is 5.00. The highest BCUT2D eigenvalue weighted by molar-refractivity contribution is 7.18. The molecule has 1 aromatic rings. The van der Waals surface area contributed by atoms with Gasteiger partial charge in [-0.2, -0.15) is 0 Å². The van der Waals surface area contributed by atoms with E-state index >= 15 is 0 Å². The van der Waals surface area contributed by atoms with Gasteiger partial charge < -0.3 is 10.1 Å². The van der Waals surface area contributed by atoms with Gasteiger partial charge in [-0.25, -0.2) is 9.78 Å². The number of hydrogen-bond donors (Lipinski definition) is 1. The second-order valence-corrected chi connectivity index (χ2v) is 6.36. The number of thiazole rings is 1. The number of carbonyl (C=O) groups excluding carboxylic acids is 1. The fourth-order valence-electron chi connectivity index (χ4n) is 2.29. The number of hydrogen-bond acceptors (Lipinski definition) is 5. The maximum Gasteiger partial charge on any atom is 0.351 e. The van der Waals surface area contributed by atoms with Crippen molar-refractivity contribution in [2.75, 3.05) is 19.0 Å². The number of methoxy groups -OCH3 is 1. The quantitative estimate of drug-likeness (QED) is 0.861. The van der Waals surface area contributed by atoms with Crippen LogP contribution in [-0.4, -0.2) is 24.6 Å². The smallest absolute Gasteiger partial charge is 0.351 e. The minimum Gasteiger partial charge on any atom is -0.465 e. The summed E-state index contributed by atoms with van der Waals surface area (Å²) in [7, 11) is 1.34. The third kappa shape index (κ3) is 2.95. The number of ether oxygens (including phenoxy) is 1. The molecule has 0 aliphatic heterocycles. The standard InChI is InChI=1S/C12H17ClN2O2S/c1-12(5-3-4-6-12)7-14-11-15-9(13)8(18-11)10(16)17-2/h3-7H2,1-2H3,(H,14,15). The van der Waals surface area contributed by atoms with Crippen LogP contribution in [0.4, 0.5) is 5.13 Å². The fraction of sp³-hybridized carbons (Fsp3) is 0.667. The van der Waals surface area contributed by atoms with Gasteiger partial charge in [0.1, 0.15) is 0 Å². The summed E-state index contributed by atoms with van der Waals surface area (Å²) in [6, 6.07) is 0. The van der Waals surface area contributed by atoms with Crippen LogP contribution < -0.4 is 5.32 Å². The van der Waals surface area contributed by atoms with Crippen molar-refractivity contribution >= 4 is 34.0 Å². The van der Waals surface area contributed by atoms with Crippen LogP contribution in [-0.2, 0) is 4.74 Å². The van der Waals surface area contributed by atoms with E-state index in [4.69, 9.17) is 11.6 Å². The molecule has 4 nitrogen and oxygen atoms in total. The number of esters is 1. The largest absolute Gasteiger partial charge is 0.465 e. The molecule has 1 saturated carbocycles. The van der Waals surface area contributed by atoms with Crippen LogP contribution in [0.15, 0.2) is 0 Å². The van der Waals surface area contributed by atoms with E-state index in [0.717, 1.165) is 6.54 Å². The highest BCUT2D eigenvalue weighted by Gasteiger charge is 2.28. The fourth-order valence-corrected chi connectivity index (χ4v) is 3.39. The molecule has 0 atom stereocenters. The number of nitrogens with zero attached hydrogens (tertiary/aromatic N) is 1. The van der Waals surface area contributed by atoms with Gasteiger partial charge in [0.2, 0.25) is 0 Å². The highest BCUT2D eigenvalue weighted by Crippen LogP contribution is 2.38. The van der Waals surface area contributed by atoms with Crippen LogP contribution in [0.1, 0.15) is 42.3 Å². The number of halogens is 1. The summed E-state index contributed by atoms with van der Waals surface area (Å²) in [5.41, 5.74) is 0.337. The number of carbonyl (C=O) groups is 1. The summed E-state index contributed by atoms with van der Waals surface area (Å²) in [6.07, 6.45) is 5.07. The monoisotopic (exact) mass is 288 g/mol. The maximum atomic E-state index is 11.4. The van der Waals surface area contributed by atoms with Crippen LogP contribution in [0.3, 0.4) is 0 Å². The molecule has 0 unspecified atom stereocenters. The average molecular weight is 289 g/mol. The Kier molecular flexibility index (Phi) is 4.12. The molecule has 0 aromatic carbocycles. The van der Waals surface area contributed by atoms with E-state index in [1.165, 1.54) is 44.1 Å². The Balaban J connectivity index is 2.00. The van der Waals surface area contributed by atoms with Crippen molar-refractivity contribution in [1.82, 2.24) is 4.98 Å². The second kappa shape index (κ2) is 5.45. The molecule has 6 heteroatoms. The molecule has 0 spiro atoms. The van der Waals surface area contributed by atoms with Crippen molar-refractivity contribution in [2.45, 2.75) is 32.6 Å². The molecule has 1 aromatic heterocycles. The molecule has 0 radical (unpaired) electrons. The van der Waals surface area contributed by atoms with Crippen molar-refractivity contribution in [3.63, 3.8) is 0 Å².